The molecule has 0 saturated heterocycles. The predicted octanol–water partition coefficient (Wildman–Crippen LogP) is 5.58. The van der Waals surface area contributed by atoms with Gasteiger partial charge in [0.1, 0.15) is 11.6 Å². The van der Waals surface area contributed by atoms with E-state index in [1.807, 2.05) is 31.2 Å². The first-order valence-corrected chi connectivity index (χ1v) is 10.8. The second-order valence-corrected chi connectivity index (χ2v) is 8.91. The van der Waals surface area contributed by atoms with Crippen LogP contribution in [0.4, 0.5) is 5.82 Å². The molecule has 0 saturated carbocycles. The lowest BCUT2D eigenvalue weighted by Gasteiger charge is -2.24. The molecule has 1 aliphatic heterocycles. The molecule has 1 atom stereocenters. The summed E-state index contributed by atoms with van der Waals surface area (Å²) in [5.41, 5.74) is 3.46. The maximum Gasteiger partial charge on any atom is 0.226 e. The van der Waals surface area contributed by atoms with E-state index in [0.29, 0.717) is 21.0 Å². The Morgan fingerprint density at radius 2 is 2.07 bits per heavy atom. The van der Waals surface area contributed by atoms with Crippen LogP contribution in [-0.4, -0.2) is 27.8 Å². The number of nitrogens with zero attached hydrogens (tertiary/aromatic N) is 3. The van der Waals surface area contributed by atoms with Crippen LogP contribution >= 0.6 is 34.5 Å². The minimum atomic E-state index is -0.207. The molecule has 0 spiro atoms. The highest BCUT2D eigenvalue weighted by Crippen LogP contribution is 2.43. The number of carbonyl (C=O) groups excluding carboxylic acids is 1. The molecule has 0 aliphatic carbocycles. The third-order valence-electron chi connectivity index (χ3n) is 5.21. The van der Waals surface area contributed by atoms with Crippen LogP contribution in [0.2, 0.25) is 10.0 Å². The molecular weight excluding hydrogens is 443 g/mol. The van der Waals surface area contributed by atoms with Crippen LogP contribution in [-0.2, 0) is 4.79 Å². The molecule has 2 aromatic carbocycles. The number of halogens is 2. The molecule has 4 aromatic rings. The van der Waals surface area contributed by atoms with Crippen molar-refractivity contribution >= 4 is 56.5 Å². The summed E-state index contributed by atoms with van der Waals surface area (Å²) in [4.78, 5) is 17.3. The summed E-state index contributed by atoms with van der Waals surface area (Å²) in [5, 5.41) is 9.45. The number of carbonyl (C=O) groups is 1. The van der Waals surface area contributed by atoms with E-state index >= 15 is 0 Å². The fourth-order valence-electron chi connectivity index (χ4n) is 3.85. The lowest BCUT2D eigenvalue weighted by atomic mass is 9.86. The average molecular weight is 459 g/mol. The average Bonchev–Trinajstić information content (AvgIpc) is 3.27. The maximum absolute atomic E-state index is 12.6. The standard InChI is InChI=1S/C21H16Cl2N4O2S/c1-10-19-14(13-5-3-11(22)7-15(13)23)9-18(28)25-20(19)27(26-10)21-24-16-6-4-12(29-2)8-17(16)30-21/h3-8,14H,9H2,1-2H3,(H,25,28)/t14-/m1/s1. The van der Waals surface area contributed by atoms with E-state index in [0.717, 1.165) is 32.8 Å². The first-order chi connectivity index (χ1) is 14.4. The predicted molar refractivity (Wildman–Crippen MR) is 120 cm³/mol. The highest BCUT2D eigenvalue weighted by Gasteiger charge is 2.34. The molecule has 0 unspecified atom stereocenters. The number of fused-ring (bicyclic) bond motifs is 2. The molecule has 1 aliphatic rings. The summed E-state index contributed by atoms with van der Waals surface area (Å²) in [6.45, 7) is 1.93. The van der Waals surface area contributed by atoms with Gasteiger partial charge >= 0.3 is 0 Å². The number of hydrogen-bond donors (Lipinski definition) is 1. The SMILES string of the molecule is COc1ccc2nc(-n3nc(C)c4c3NC(=O)C[C@@H]4c3ccc(Cl)cc3Cl)sc2c1. The van der Waals surface area contributed by atoms with E-state index in [9.17, 15) is 4.79 Å². The van der Waals surface area contributed by atoms with Crippen molar-refractivity contribution in [2.45, 2.75) is 19.3 Å². The van der Waals surface area contributed by atoms with Crippen molar-refractivity contribution < 1.29 is 9.53 Å². The summed E-state index contributed by atoms with van der Waals surface area (Å²) >= 11 is 14.0. The number of aryl methyl sites for hydroxylation is 1. The Labute approximate surface area is 186 Å². The van der Waals surface area contributed by atoms with Crippen molar-refractivity contribution in [2.24, 2.45) is 0 Å². The van der Waals surface area contributed by atoms with E-state index in [1.165, 1.54) is 11.3 Å². The molecule has 0 bridgehead atoms. The third-order valence-corrected chi connectivity index (χ3v) is 6.76. The van der Waals surface area contributed by atoms with Crippen molar-refractivity contribution in [1.82, 2.24) is 14.8 Å². The van der Waals surface area contributed by atoms with E-state index in [1.54, 1.807) is 23.9 Å². The molecular formula is C21H16Cl2N4O2S. The minimum absolute atomic E-state index is 0.0950. The van der Waals surface area contributed by atoms with Crippen LogP contribution in [0.3, 0.4) is 0 Å². The molecule has 5 rings (SSSR count). The molecule has 1 amide bonds. The number of nitrogens with one attached hydrogen (secondary N) is 1. The summed E-state index contributed by atoms with van der Waals surface area (Å²) in [7, 11) is 1.63. The van der Waals surface area contributed by atoms with Crippen LogP contribution in [0.25, 0.3) is 15.3 Å². The van der Waals surface area contributed by atoms with Crippen molar-refractivity contribution in [3.05, 3.63) is 63.3 Å². The van der Waals surface area contributed by atoms with Gasteiger partial charge < -0.3 is 10.1 Å². The van der Waals surface area contributed by atoms with Gasteiger partial charge in [0.25, 0.3) is 0 Å². The lowest BCUT2D eigenvalue weighted by Crippen LogP contribution is -2.25. The third kappa shape index (κ3) is 3.14. The molecule has 0 radical (unpaired) electrons. The smallest absolute Gasteiger partial charge is 0.226 e. The quantitative estimate of drug-likeness (QED) is 0.434. The van der Waals surface area contributed by atoms with E-state index < -0.39 is 0 Å². The zero-order valence-corrected chi connectivity index (χ0v) is 18.4. The number of hydrogen-bond acceptors (Lipinski definition) is 5. The van der Waals surface area contributed by atoms with Gasteiger partial charge in [-0.15, -0.1) is 0 Å². The zero-order valence-electron chi connectivity index (χ0n) is 16.1. The van der Waals surface area contributed by atoms with Gasteiger partial charge in [0, 0.05) is 27.9 Å². The number of methoxy groups -OCH3 is 1. The minimum Gasteiger partial charge on any atom is -0.497 e. The Balaban J connectivity index is 1.66. The molecule has 152 valence electrons. The Bertz CT molecular complexity index is 1310. The van der Waals surface area contributed by atoms with Gasteiger partial charge in [-0.2, -0.15) is 9.78 Å². The van der Waals surface area contributed by atoms with Gasteiger partial charge in [0.2, 0.25) is 11.0 Å². The molecule has 6 nitrogen and oxygen atoms in total. The summed E-state index contributed by atoms with van der Waals surface area (Å²) in [6.07, 6.45) is 0.290. The highest BCUT2D eigenvalue weighted by atomic mass is 35.5. The van der Waals surface area contributed by atoms with Crippen molar-refractivity contribution in [3.8, 4) is 10.9 Å². The van der Waals surface area contributed by atoms with Gasteiger partial charge in [-0.05, 0) is 42.8 Å². The van der Waals surface area contributed by atoms with Gasteiger partial charge in [-0.25, -0.2) is 4.98 Å². The van der Waals surface area contributed by atoms with Gasteiger partial charge in [-0.1, -0.05) is 40.6 Å². The monoisotopic (exact) mass is 458 g/mol. The van der Waals surface area contributed by atoms with Crippen molar-refractivity contribution in [3.63, 3.8) is 0 Å². The summed E-state index contributed by atoms with van der Waals surface area (Å²) < 4.78 is 7.99. The second kappa shape index (κ2) is 7.27. The van der Waals surface area contributed by atoms with Crippen molar-refractivity contribution in [2.75, 3.05) is 12.4 Å². The molecule has 9 heteroatoms. The molecule has 2 aromatic heterocycles. The number of thiazole rings is 1. The first-order valence-electron chi connectivity index (χ1n) is 9.24. The number of rotatable bonds is 3. The summed E-state index contributed by atoms with van der Waals surface area (Å²) in [6, 6.07) is 11.1. The van der Waals surface area contributed by atoms with E-state index in [4.69, 9.17) is 38.0 Å². The normalized spacial score (nSPS) is 15.9. The van der Waals surface area contributed by atoms with Gasteiger partial charge in [-0.3, -0.25) is 4.79 Å². The van der Waals surface area contributed by atoms with Gasteiger partial charge in [0.05, 0.1) is 23.0 Å². The van der Waals surface area contributed by atoms with Crippen LogP contribution in [0.15, 0.2) is 36.4 Å². The maximum atomic E-state index is 12.6. The number of amides is 1. The molecule has 30 heavy (non-hydrogen) atoms. The molecule has 3 heterocycles. The molecule has 1 N–H and O–H groups in total. The van der Waals surface area contributed by atoms with Crippen LogP contribution < -0.4 is 10.1 Å². The van der Waals surface area contributed by atoms with Crippen LogP contribution in [0.1, 0.15) is 29.2 Å². The Hall–Kier alpha value is -2.61. The Morgan fingerprint density at radius 3 is 2.83 bits per heavy atom. The topological polar surface area (TPSA) is 69.0 Å². The van der Waals surface area contributed by atoms with Crippen LogP contribution in [0.5, 0.6) is 5.75 Å². The van der Waals surface area contributed by atoms with Crippen LogP contribution in [0, 0.1) is 6.92 Å². The van der Waals surface area contributed by atoms with Crippen molar-refractivity contribution in [1.29, 1.82) is 0 Å². The fourth-order valence-corrected chi connectivity index (χ4v) is 5.34. The van der Waals surface area contributed by atoms with E-state index in [2.05, 4.69) is 5.32 Å². The highest BCUT2D eigenvalue weighted by molar-refractivity contribution is 7.20. The van der Waals surface area contributed by atoms with E-state index in [-0.39, 0.29) is 18.2 Å². The number of aromatic nitrogens is 3. The Kier molecular flexibility index (Phi) is 4.69. The summed E-state index contributed by atoms with van der Waals surface area (Å²) in [5.74, 6) is 1.09. The van der Waals surface area contributed by atoms with Gasteiger partial charge in [0.15, 0.2) is 0 Å². The lowest BCUT2D eigenvalue weighted by molar-refractivity contribution is -0.116. The largest absolute Gasteiger partial charge is 0.497 e. The first kappa shape index (κ1) is 19.4. The second-order valence-electron chi connectivity index (χ2n) is 7.06. The fraction of sp³-hybridized carbons (Fsp3) is 0.190. The number of anilines is 1. The number of ether oxygens (including phenoxy) is 1. The Morgan fingerprint density at radius 1 is 1.23 bits per heavy atom. The number of benzene rings is 2. The molecule has 0 fully saturated rings. The zero-order chi connectivity index (χ0) is 21.0.